The summed E-state index contributed by atoms with van der Waals surface area (Å²) < 4.78 is 26.1. The Kier molecular flexibility index (Phi) is 7.27. The van der Waals surface area contributed by atoms with Crippen molar-refractivity contribution in [1.29, 1.82) is 0 Å². The van der Waals surface area contributed by atoms with Gasteiger partial charge in [0.1, 0.15) is 11.6 Å². The summed E-state index contributed by atoms with van der Waals surface area (Å²) in [5, 5.41) is 0. The van der Waals surface area contributed by atoms with Crippen LogP contribution in [0.25, 0.3) is 0 Å². The summed E-state index contributed by atoms with van der Waals surface area (Å²) >= 11 is 0. The zero-order valence-corrected chi connectivity index (χ0v) is 16.9. The molecule has 0 unspecified atom stereocenters. The summed E-state index contributed by atoms with van der Waals surface area (Å²) in [6, 6.07) is 14.3. The highest BCUT2D eigenvalue weighted by Crippen LogP contribution is 2.22. The van der Waals surface area contributed by atoms with Crippen molar-refractivity contribution in [3.63, 3.8) is 0 Å². The average Bonchev–Trinajstić information content (AvgIpc) is 2.71. The van der Waals surface area contributed by atoms with Crippen LogP contribution in [0.4, 0.5) is 14.5 Å². The van der Waals surface area contributed by atoms with E-state index in [1.807, 2.05) is 24.3 Å². The minimum Gasteiger partial charge on any atom is -0.369 e. The molecule has 0 atom stereocenters. The first-order chi connectivity index (χ1) is 13.2. The first-order valence-corrected chi connectivity index (χ1v) is 9.89. The Hall–Kier alpha value is -1.69. The third-order valence-electron chi connectivity index (χ3n) is 5.90. The van der Waals surface area contributed by atoms with Gasteiger partial charge in [-0.3, -0.25) is 9.80 Å². The van der Waals surface area contributed by atoms with Crippen LogP contribution in [0, 0.1) is 11.6 Å². The van der Waals surface area contributed by atoms with Crippen LogP contribution < -0.4 is 4.90 Å². The van der Waals surface area contributed by atoms with Gasteiger partial charge < -0.3 is 4.90 Å². The van der Waals surface area contributed by atoms with Crippen LogP contribution in [-0.4, -0.2) is 55.1 Å². The number of halogens is 3. The van der Waals surface area contributed by atoms with E-state index >= 15 is 0 Å². The largest absolute Gasteiger partial charge is 0.369 e. The standard InChI is InChI=1S/C22H27F2N3.ClH/c23-19-3-1-18(2-4-19)17-25-11-9-22(10-12-25)27-15-13-26(14-16-27)21-7-5-20(24)6-8-21;/h1-8,22H,9-17H2;1H. The van der Waals surface area contributed by atoms with Gasteiger partial charge in [0.05, 0.1) is 0 Å². The van der Waals surface area contributed by atoms with E-state index in [0.717, 1.165) is 51.5 Å². The molecule has 0 spiro atoms. The van der Waals surface area contributed by atoms with E-state index < -0.39 is 0 Å². The molecular weight excluding hydrogens is 380 g/mol. The topological polar surface area (TPSA) is 9.72 Å². The van der Waals surface area contributed by atoms with Crippen LogP contribution in [-0.2, 0) is 6.54 Å². The number of piperazine rings is 1. The van der Waals surface area contributed by atoms with Gasteiger partial charge in [0.25, 0.3) is 0 Å². The van der Waals surface area contributed by atoms with Crippen molar-refractivity contribution in [3.05, 3.63) is 65.7 Å². The van der Waals surface area contributed by atoms with E-state index in [1.54, 1.807) is 24.3 Å². The molecule has 4 rings (SSSR count). The fourth-order valence-electron chi connectivity index (χ4n) is 4.29. The number of nitrogens with zero attached hydrogens (tertiary/aromatic N) is 3. The fourth-order valence-corrected chi connectivity index (χ4v) is 4.29. The SMILES string of the molecule is Cl.Fc1ccc(CN2CCC(N3CCN(c4ccc(F)cc4)CC3)CC2)cc1. The zero-order valence-electron chi connectivity index (χ0n) is 16.1. The summed E-state index contributed by atoms with van der Waals surface area (Å²) in [6.45, 7) is 7.24. The summed E-state index contributed by atoms with van der Waals surface area (Å²) in [4.78, 5) is 7.44. The van der Waals surface area contributed by atoms with Gasteiger partial charge in [0, 0.05) is 44.5 Å². The third-order valence-corrected chi connectivity index (χ3v) is 5.90. The van der Waals surface area contributed by atoms with E-state index in [-0.39, 0.29) is 24.0 Å². The Morgan fingerprint density at radius 1 is 0.714 bits per heavy atom. The highest BCUT2D eigenvalue weighted by Gasteiger charge is 2.27. The molecule has 2 aliphatic heterocycles. The monoisotopic (exact) mass is 407 g/mol. The van der Waals surface area contributed by atoms with E-state index in [1.165, 1.54) is 18.4 Å². The normalized spacial score (nSPS) is 19.4. The zero-order chi connectivity index (χ0) is 18.6. The molecule has 2 aliphatic rings. The van der Waals surface area contributed by atoms with Gasteiger partial charge >= 0.3 is 0 Å². The van der Waals surface area contributed by atoms with Crippen molar-refractivity contribution in [2.24, 2.45) is 0 Å². The maximum atomic E-state index is 13.1. The number of benzene rings is 2. The van der Waals surface area contributed by atoms with E-state index in [0.29, 0.717) is 6.04 Å². The third kappa shape index (κ3) is 5.22. The number of hydrogen-bond acceptors (Lipinski definition) is 3. The summed E-state index contributed by atoms with van der Waals surface area (Å²) in [5.74, 6) is -0.345. The molecule has 0 bridgehead atoms. The average molecular weight is 408 g/mol. The van der Waals surface area contributed by atoms with E-state index in [9.17, 15) is 8.78 Å². The lowest BCUT2D eigenvalue weighted by Crippen LogP contribution is -2.53. The van der Waals surface area contributed by atoms with Crippen molar-refractivity contribution in [2.45, 2.75) is 25.4 Å². The van der Waals surface area contributed by atoms with Gasteiger partial charge in [0.2, 0.25) is 0 Å². The van der Waals surface area contributed by atoms with E-state index in [4.69, 9.17) is 0 Å². The van der Waals surface area contributed by atoms with Crippen LogP contribution in [0.3, 0.4) is 0 Å². The second kappa shape index (κ2) is 9.68. The highest BCUT2D eigenvalue weighted by molar-refractivity contribution is 5.85. The first kappa shape index (κ1) is 21.0. The van der Waals surface area contributed by atoms with E-state index in [2.05, 4.69) is 14.7 Å². The Labute approximate surface area is 172 Å². The Morgan fingerprint density at radius 2 is 1.25 bits per heavy atom. The second-order valence-corrected chi connectivity index (χ2v) is 7.63. The predicted molar refractivity (Wildman–Crippen MR) is 112 cm³/mol. The van der Waals surface area contributed by atoms with Crippen LogP contribution >= 0.6 is 12.4 Å². The van der Waals surface area contributed by atoms with Crippen LogP contribution in [0.5, 0.6) is 0 Å². The Balaban J connectivity index is 0.00000225. The maximum Gasteiger partial charge on any atom is 0.123 e. The molecule has 152 valence electrons. The molecule has 28 heavy (non-hydrogen) atoms. The molecule has 0 saturated carbocycles. The van der Waals surface area contributed by atoms with Crippen molar-refractivity contribution in [3.8, 4) is 0 Å². The molecule has 0 radical (unpaired) electrons. The van der Waals surface area contributed by atoms with Crippen molar-refractivity contribution in [2.75, 3.05) is 44.2 Å². The van der Waals surface area contributed by atoms with Crippen molar-refractivity contribution >= 4 is 18.1 Å². The molecule has 0 amide bonds. The molecule has 2 saturated heterocycles. The number of likely N-dealkylation sites (tertiary alicyclic amines) is 1. The number of hydrogen-bond donors (Lipinski definition) is 0. The summed E-state index contributed by atoms with van der Waals surface area (Å²) in [5.41, 5.74) is 2.30. The highest BCUT2D eigenvalue weighted by atomic mass is 35.5. The minimum absolute atomic E-state index is 0. The van der Waals surface area contributed by atoms with Crippen molar-refractivity contribution in [1.82, 2.24) is 9.80 Å². The number of rotatable bonds is 4. The first-order valence-electron chi connectivity index (χ1n) is 9.89. The summed E-state index contributed by atoms with van der Waals surface area (Å²) in [7, 11) is 0. The lowest BCUT2D eigenvalue weighted by Gasteiger charge is -2.43. The van der Waals surface area contributed by atoms with Gasteiger partial charge in [0.15, 0.2) is 0 Å². The number of anilines is 1. The molecule has 2 aromatic rings. The molecule has 3 nitrogen and oxygen atoms in total. The molecule has 2 fully saturated rings. The van der Waals surface area contributed by atoms with Gasteiger partial charge in [-0.1, -0.05) is 12.1 Å². The van der Waals surface area contributed by atoms with Gasteiger partial charge in [-0.15, -0.1) is 12.4 Å². The van der Waals surface area contributed by atoms with Crippen LogP contribution in [0.2, 0.25) is 0 Å². The van der Waals surface area contributed by atoms with Crippen molar-refractivity contribution < 1.29 is 8.78 Å². The minimum atomic E-state index is -0.176. The summed E-state index contributed by atoms with van der Waals surface area (Å²) in [6.07, 6.45) is 2.38. The van der Waals surface area contributed by atoms with Crippen LogP contribution in [0.15, 0.2) is 48.5 Å². The van der Waals surface area contributed by atoms with Gasteiger partial charge in [-0.25, -0.2) is 8.78 Å². The molecule has 0 aromatic heterocycles. The molecule has 2 heterocycles. The Bertz CT molecular complexity index is 722. The Morgan fingerprint density at radius 3 is 1.82 bits per heavy atom. The maximum absolute atomic E-state index is 13.1. The van der Waals surface area contributed by atoms with Crippen LogP contribution in [0.1, 0.15) is 18.4 Å². The lowest BCUT2D eigenvalue weighted by atomic mass is 10.0. The predicted octanol–water partition coefficient (Wildman–Crippen LogP) is 4.17. The lowest BCUT2D eigenvalue weighted by molar-refractivity contribution is 0.0998. The smallest absolute Gasteiger partial charge is 0.123 e. The van der Waals surface area contributed by atoms with Gasteiger partial charge in [-0.05, 0) is 67.9 Å². The molecular formula is C22H28ClF2N3. The molecule has 0 N–H and O–H groups in total. The molecule has 2 aromatic carbocycles. The second-order valence-electron chi connectivity index (χ2n) is 7.63. The molecule has 0 aliphatic carbocycles. The molecule has 6 heteroatoms. The number of piperidine rings is 1. The van der Waals surface area contributed by atoms with Gasteiger partial charge in [-0.2, -0.15) is 0 Å². The quantitative estimate of drug-likeness (QED) is 0.753. The fraction of sp³-hybridized carbons (Fsp3) is 0.455.